The molecule has 9 heteroatoms. The molecule has 1 aliphatic rings. The summed E-state index contributed by atoms with van der Waals surface area (Å²) in [6, 6.07) is 3.76. The second-order valence-electron chi connectivity index (χ2n) is 5.86. The van der Waals surface area contributed by atoms with Crippen LogP contribution in [0.15, 0.2) is 24.3 Å². The summed E-state index contributed by atoms with van der Waals surface area (Å²) < 4.78 is 4.47. The maximum atomic E-state index is 11.9. The molecule has 1 aromatic carbocycles. The zero-order chi connectivity index (χ0) is 18.8. The van der Waals surface area contributed by atoms with Crippen molar-refractivity contribution in [3.63, 3.8) is 0 Å². The van der Waals surface area contributed by atoms with Crippen LogP contribution in [0.1, 0.15) is 18.4 Å². The van der Waals surface area contributed by atoms with Gasteiger partial charge in [0.25, 0.3) is 0 Å². The quantitative estimate of drug-likeness (QED) is 0.169. The third-order valence-corrected chi connectivity index (χ3v) is 3.87. The molecule has 136 valence electrons. The highest BCUT2D eigenvalue weighted by Gasteiger charge is 2.49. The SMILES string of the molecule is O=C(/C=C/c1ccc(O)c(O)c1)OC(=O)C1(O)C[C@@H](O)C(O)[C@H](O)C1. The number of carbonyl (C=O) groups is 2. The molecule has 2 atom stereocenters. The predicted octanol–water partition coefficient (Wildman–Crippen LogP) is -1.21. The molecular formula is C16H18O9. The molecule has 25 heavy (non-hydrogen) atoms. The van der Waals surface area contributed by atoms with Gasteiger partial charge in [0.1, 0.15) is 6.10 Å². The maximum Gasteiger partial charge on any atom is 0.346 e. The fourth-order valence-electron chi connectivity index (χ4n) is 2.47. The monoisotopic (exact) mass is 354 g/mol. The van der Waals surface area contributed by atoms with Gasteiger partial charge in [-0.05, 0) is 23.8 Å². The van der Waals surface area contributed by atoms with Crippen molar-refractivity contribution in [1.29, 1.82) is 0 Å². The Morgan fingerprint density at radius 3 is 2.24 bits per heavy atom. The van der Waals surface area contributed by atoms with E-state index in [1.54, 1.807) is 0 Å². The summed E-state index contributed by atoms with van der Waals surface area (Å²) in [6.07, 6.45) is -3.73. The van der Waals surface area contributed by atoms with E-state index in [1.165, 1.54) is 24.3 Å². The number of esters is 2. The molecule has 0 saturated heterocycles. The van der Waals surface area contributed by atoms with Crippen molar-refractivity contribution in [3.05, 3.63) is 29.8 Å². The number of benzene rings is 1. The second kappa shape index (κ2) is 7.19. The van der Waals surface area contributed by atoms with Gasteiger partial charge < -0.3 is 35.4 Å². The number of phenols is 2. The summed E-state index contributed by atoms with van der Waals surface area (Å²) in [5.41, 5.74) is -1.97. The first kappa shape index (κ1) is 18.9. The van der Waals surface area contributed by atoms with Gasteiger partial charge in [-0.15, -0.1) is 0 Å². The molecule has 9 nitrogen and oxygen atoms in total. The van der Waals surface area contributed by atoms with Crippen molar-refractivity contribution in [1.82, 2.24) is 0 Å². The number of ether oxygens (including phenoxy) is 1. The van der Waals surface area contributed by atoms with Crippen molar-refractivity contribution in [2.75, 3.05) is 0 Å². The lowest BCUT2D eigenvalue weighted by atomic mass is 9.80. The topological polar surface area (TPSA) is 165 Å². The van der Waals surface area contributed by atoms with Crippen molar-refractivity contribution in [2.24, 2.45) is 0 Å². The van der Waals surface area contributed by atoms with Crippen LogP contribution < -0.4 is 0 Å². The van der Waals surface area contributed by atoms with E-state index in [-0.39, 0.29) is 5.75 Å². The molecule has 0 amide bonds. The molecule has 0 spiro atoms. The molecule has 2 rings (SSSR count). The van der Waals surface area contributed by atoms with Crippen LogP contribution >= 0.6 is 0 Å². The Kier molecular flexibility index (Phi) is 5.43. The molecule has 1 saturated carbocycles. The van der Waals surface area contributed by atoms with Gasteiger partial charge in [0.05, 0.1) is 12.2 Å². The zero-order valence-electron chi connectivity index (χ0n) is 12.9. The smallest absolute Gasteiger partial charge is 0.346 e. The van der Waals surface area contributed by atoms with Gasteiger partial charge in [0, 0.05) is 18.9 Å². The molecule has 0 bridgehead atoms. The van der Waals surface area contributed by atoms with Crippen LogP contribution in [0, 0.1) is 0 Å². The van der Waals surface area contributed by atoms with Crippen LogP contribution in [0.5, 0.6) is 11.5 Å². The molecule has 0 aromatic heterocycles. The van der Waals surface area contributed by atoms with Crippen molar-refractivity contribution in [2.45, 2.75) is 36.8 Å². The minimum absolute atomic E-state index is 0.338. The van der Waals surface area contributed by atoms with Crippen LogP contribution in [0.2, 0.25) is 0 Å². The number of aromatic hydroxyl groups is 2. The second-order valence-corrected chi connectivity index (χ2v) is 5.86. The Labute approximate surface area is 142 Å². The maximum absolute atomic E-state index is 11.9. The predicted molar refractivity (Wildman–Crippen MR) is 82.1 cm³/mol. The largest absolute Gasteiger partial charge is 0.504 e. The first-order valence-electron chi connectivity index (χ1n) is 7.35. The van der Waals surface area contributed by atoms with Crippen LogP contribution in [0.25, 0.3) is 6.08 Å². The van der Waals surface area contributed by atoms with Gasteiger partial charge in [0.2, 0.25) is 0 Å². The molecule has 6 N–H and O–H groups in total. The van der Waals surface area contributed by atoms with E-state index < -0.39 is 54.4 Å². The van der Waals surface area contributed by atoms with E-state index in [1.807, 2.05) is 0 Å². The molecule has 0 unspecified atom stereocenters. The summed E-state index contributed by atoms with van der Waals surface area (Å²) in [4.78, 5) is 23.6. The minimum Gasteiger partial charge on any atom is -0.504 e. The highest BCUT2D eigenvalue weighted by molar-refractivity contribution is 5.97. The zero-order valence-corrected chi connectivity index (χ0v) is 12.9. The van der Waals surface area contributed by atoms with Gasteiger partial charge in [-0.3, -0.25) is 0 Å². The van der Waals surface area contributed by atoms with E-state index in [4.69, 9.17) is 0 Å². The third kappa shape index (κ3) is 4.34. The summed E-state index contributed by atoms with van der Waals surface area (Å²) in [7, 11) is 0. The Hall–Kier alpha value is -2.46. The van der Waals surface area contributed by atoms with E-state index in [0.717, 1.165) is 6.08 Å². The van der Waals surface area contributed by atoms with Gasteiger partial charge in [-0.2, -0.15) is 0 Å². The fraction of sp³-hybridized carbons (Fsp3) is 0.375. The summed E-state index contributed by atoms with van der Waals surface area (Å²) in [5, 5.41) is 57.2. The number of hydrogen-bond acceptors (Lipinski definition) is 9. The standard InChI is InChI=1S/C16H18O9/c17-9-3-1-8(5-10(9)18)2-4-13(21)25-15(23)16(24)6-11(19)14(22)12(20)7-16/h1-5,11-12,14,17-20,22,24H,6-7H2/b4-2+/t11-,12-,14?,16?/m1/s1. The number of carbonyl (C=O) groups excluding carboxylic acids is 2. The Morgan fingerprint density at radius 1 is 1.08 bits per heavy atom. The fourth-order valence-corrected chi connectivity index (χ4v) is 2.47. The van der Waals surface area contributed by atoms with Crippen molar-refractivity contribution < 1.29 is 45.0 Å². The summed E-state index contributed by atoms with van der Waals surface area (Å²) in [6.45, 7) is 0. The third-order valence-electron chi connectivity index (χ3n) is 3.87. The van der Waals surface area contributed by atoms with Gasteiger partial charge in [-0.1, -0.05) is 6.07 Å². The lowest BCUT2D eigenvalue weighted by molar-refractivity contribution is -0.193. The summed E-state index contributed by atoms with van der Waals surface area (Å²) in [5.74, 6) is -3.22. The average molecular weight is 354 g/mol. The highest BCUT2D eigenvalue weighted by Crippen LogP contribution is 2.30. The normalized spacial score (nSPS) is 29.5. The van der Waals surface area contributed by atoms with Crippen LogP contribution in [0.3, 0.4) is 0 Å². The molecule has 1 aliphatic carbocycles. The lowest BCUT2D eigenvalue weighted by Crippen LogP contribution is -2.56. The number of phenolic OH excluding ortho intramolecular Hbond substituents is 2. The molecule has 0 heterocycles. The van der Waals surface area contributed by atoms with Crippen LogP contribution in [-0.2, 0) is 14.3 Å². The first-order chi connectivity index (χ1) is 11.6. The van der Waals surface area contributed by atoms with E-state index >= 15 is 0 Å². The van der Waals surface area contributed by atoms with Gasteiger partial charge >= 0.3 is 11.9 Å². The van der Waals surface area contributed by atoms with Crippen molar-refractivity contribution in [3.8, 4) is 11.5 Å². The summed E-state index contributed by atoms with van der Waals surface area (Å²) >= 11 is 0. The molecule has 1 aromatic rings. The molecule has 1 fully saturated rings. The molecule has 0 aliphatic heterocycles. The van der Waals surface area contributed by atoms with Gasteiger partial charge in [0.15, 0.2) is 17.1 Å². The molecule has 0 radical (unpaired) electrons. The number of aliphatic hydroxyl groups excluding tert-OH is 3. The Balaban J connectivity index is 2.01. The number of hydrogen-bond donors (Lipinski definition) is 6. The Morgan fingerprint density at radius 2 is 1.68 bits per heavy atom. The van der Waals surface area contributed by atoms with Crippen molar-refractivity contribution >= 4 is 18.0 Å². The lowest BCUT2D eigenvalue weighted by Gasteiger charge is -2.38. The highest BCUT2D eigenvalue weighted by atomic mass is 16.6. The van der Waals surface area contributed by atoms with E-state index in [0.29, 0.717) is 5.56 Å². The van der Waals surface area contributed by atoms with Crippen LogP contribution in [-0.4, -0.2) is 66.5 Å². The van der Waals surface area contributed by atoms with Crippen LogP contribution in [0.4, 0.5) is 0 Å². The Bertz CT molecular complexity index is 685. The van der Waals surface area contributed by atoms with E-state index in [9.17, 15) is 40.2 Å². The molecular weight excluding hydrogens is 336 g/mol. The van der Waals surface area contributed by atoms with E-state index in [2.05, 4.69) is 4.74 Å². The first-order valence-corrected chi connectivity index (χ1v) is 7.35. The van der Waals surface area contributed by atoms with Gasteiger partial charge in [-0.25, -0.2) is 9.59 Å². The number of rotatable bonds is 3. The average Bonchev–Trinajstić information content (AvgIpc) is 2.53. The number of aliphatic hydroxyl groups is 4. The minimum atomic E-state index is -2.31.